The Kier molecular flexibility index (Phi) is 6.02. The van der Waals surface area contributed by atoms with Crippen LogP contribution in [-0.2, 0) is 0 Å². The highest BCUT2D eigenvalue weighted by Crippen LogP contribution is 2.25. The molecule has 0 amide bonds. The van der Waals surface area contributed by atoms with E-state index in [9.17, 15) is 5.11 Å². The van der Waals surface area contributed by atoms with Crippen LogP contribution in [0.1, 0.15) is 5.56 Å². The molecule has 0 unspecified atom stereocenters. The van der Waals surface area contributed by atoms with Crippen LogP contribution in [0.25, 0.3) is 0 Å². The van der Waals surface area contributed by atoms with E-state index in [4.69, 9.17) is 35.4 Å². The Bertz CT molecular complexity index is 740. The van der Waals surface area contributed by atoms with Gasteiger partial charge in [-0.25, -0.2) is 0 Å². The summed E-state index contributed by atoms with van der Waals surface area (Å²) in [7, 11) is 0. The average Bonchev–Trinajstić information content (AvgIpc) is 2.46. The SMILES string of the molecule is Oc1ccc(Br)cc1/C=N\NC(=S)Nc1ccc(Cl)cc1Cl. The third kappa shape index (κ3) is 4.84. The molecule has 0 aliphatic carbocycles. The van der Waals surface area contributed by atoms with Crippen LogP contribution in [0, 0.1) is 0 Å². The fourth-order valence-electron chi connectivity index (χ4n) is 1.53. The van der Waals surface area contributed by atoms with E-state index >= 15 is 0 Å². The van der Waals surface area contributed by atoms with Gasteiger partial charge < -0.3 is 10.4 Å². The van der Waals surface area contributed by atoms with Crippen LogP contribution in [0.3, 0.4) is 0 Å². The summed E-state index contributed by atoms with van der Waals surface area (Å²) in [6.07, 6.45) is 1.46. The van der Waals surface area contributed by atoms with Crippen molar-refractivity contribution in [2.75, 3.05) is 5.32 Å². The highest BCUT2D eigenvalue weighted by atomic mass is 79.9. The van der Waals surface area contributed by atoms with E-state index < -0.39 is 0 Å². The first-order valence-corrected chi connectivity index (χ1v) is 7.95. The predicted molar refractivity (Wildman–Crippen MR) is 99.2 cm³/mol. The summed E-state index contributed by atoms with van der Waals surface area (Å²) >= 11 is 20.3. The van der Waals surface area contributed by atoms with Gasteiger partial charge in [-0.3, -0.25) is 5.43 Å². The number of phenols is 1. The Labute approximate surface area is 151 Å². The molecule has 114 valence electrons. The molecule has 4 nitrogen and oxygen atoms in total. The first kappa shape index (κ1) is 17.0. The van der Waals surface area contributed by atoms with Crippen LogP contribution < -0.4 is 10.7 Å². The molecule has 0 saturated carbocycles. The van der Waals surface area contributed by atoms with Gasteiger partial charge in [-0.2, -0.15) is 5.10 Å². The maximum atomic E-state index is 9.68. The number of anilines is 1. The summed E-state index contributed by atoms with van der Waals surface area (Å²) in [5.41, 5.74) is 3.80. The zero-order chi connectivity index (χ0) is 16.1. The van der Waals surface area contributed by atoms with Crippen molar-refractivity contribution < 1.29 is 5.11 Å². The van der Waals surface area contributed by atoms with Crippen molar-refractivity contribution in [2.24, 2.45) is 5.10 Å². The lowest BCUT2D eigenvalue weighted by Crippen LogP contribution is -2.24. The standard InChI is InChI=1S/C14H10BrCl2N3OS/c15-9-1-4-13(21)8(5-9)7-18-20-14(22)19-12-3-2-10(16)6-11(12)17/h1-7,21H,(H2,19,20,22)/b18-7-. The van der Waals surface area contributed by atoms with Crippen molar-refractivity contribution in [2.45, 2.75) is 0 Å². The number of hydrogen-bond acceptors (Lipinski definition) is 3. The lowest BCUT2D eigenvalue weighted by Gasteiger charge is -2.09. The Hall–Kier alpha value is -1.34. The highest BCUT2D eigenvalue weighted by Gasteiger charge is 2.03. The van der Waals surface area contributed by atoms with Crippen LogP contribution in [0.5, 0.6) is 5.75 Å². The third-order valence-electron chi connectivity index (χ3n) is 2.54. The normalized spacial score (nSPS) is 10.7. The van der Waals surface area contributed by atoms with E-state index in [1.54, 1.807) is 36.4 Å². The maximum absolute atomic E-state index is 9.68. The molecule has 0 spiro atoms. The van der Waals surface area contributed by atoms with E-state index in [1.165, 1.54) is 6.21 Å². The molecular weight excluding hydrogens is 409 g/mol. The van der Waals surface area contributed by atoms with E-state index in [0.29, 0.717) is 21.3 Å². The molecule has 0 aliphatic rings. The number of hydrogen-bond donors (Lipinski definition) is 3. The van der Waals surface area contributed by atoms with Crippen molar-refractivity contribution >= 4 is 68.4 Å². The zero-order valence-electron chi connectivity index (χ0n) is 11.0. The van der Waals surface area contributed by atoms with Gasteiger partial charge in [-0.1, -0.05) is 39.1 Å². The predicted octanol–water partition coefficient (Wildman–Crippen LogP) is 4.78. The number of benzene rings is 2. The average molecular weight is 419 g/mol. The molecule has 0 heterocycles. The number of halogens is 3. The summed E-state index contributed by atoms with van der Waals surface area (Å²) < 4.78 is 0.834. The number of rotatable bonds is 3. The van der Waals surface area contributed by atoms with Gasteiger partial charge >= 0.3 is 0 Å². The largest absolute Gasteiger partial charge is 0.507 e. The minimum absolute atomic E-state index is 0.119. The summed E-state index contributed by atoms with van der Waals surface area (Å²) in [6, 6.07) is 10.0. The molecule has 0 atom stereocenters. The topological polar surface area (TPSA) is 56.7 Å². The molecule has 0 fully saturated rings. The lowest BCUT2D eigenvalue weighted by molar-refractivity contribution is 0.474. The number of hydrazone groups is 1. The van der Waals surface area contributed by atoms with Gasteiger partial charge in [0.1, 0.15) is 5.75 Å². The van der Waals surface area contributed by atoms with Crippen molar-refractivity contribution in [3.8, 4) is 5.75 Å². The van der Waals surface area contributed by atoms with E-state index in [2.05, 4.69) is 31.8 Å². The van der Waals surface area contributed by atoms with Crippen molar-refractivity contribution in [3.63, 3.8) is 0 Å². The minimum Gasteiger partial charge on any atom is -0.507 e. The summed E-state index contributed by atoms with van der Waals surface area (Å²) in [5.74, 6) is 0.119. The van der Waals surface area contributed by atoms with Crippen molar-refractivity contribution in [3.05, 3.63) is 56.5 Å². The molecule has 2 aromatic rings. The molecule has 0 saturated heterocycles. The van der Waals surface area contributed by atoms with Crippen LogP contribution in [-0.4, -0.2) is 16.4 Å². The molecular formula is C14H10BrCl2N3OS. The Balaban J connectivity index is 1.98. The van der Waals surface area contributed by atoms with Gasteiger partial charge in [0.15, 0.2) is 5.11 Å². The summed E-state index contributed by atoms with van der Waals surface area (Å²) in [5, 5.41) is 17.8. The van der Waals surface area contributed by atoms with Gasteiger partial charge in [-0.05, 0) is 48.6 Å². The molecule has 0 bridgehead atoms. The molecule has 2 rings (SSSR count). The summed E-state index contributed by atoms with van der Waals surface area (Å²) in [4.78, 5) is 0. The number of phenolic OH excluding ortho intramolecular Hbond substituents is 1. The summed E-state index contributed by atoms with van der Waals surface area (Å²) in [6.45, 7) is 0. The Morgan fingerprint density at radius 1 is 1.23 bits per heavy atom. The molecule has 0 aliphatic heterocycles. The van der Waals surface area contributed by atoms with Crippen LogP contribution in [0.15, 0.2) is 46.0 Å². The zero-order valence-corrected chi connectivity index (χ0v) is 14.9. The van der Waals surface area contributed by atoms with E-state index in [1.807, 2.05) is 0 Å². The van der Waals surface area contributed by atoms with Gasteiger partial charge in [-0.15, -0.1) is 0 Å². The van der Waals surface area contributed by atoms with Gasteiger partial charge in [0.25, 0.3) is 0 Å². The Morgan fingerprint density at radius 3 is 2.73 bits per heavy atom. The van der Waals surface area contributed by atoms with E-state index in [-0.39, 0.29) is 10.9 Å². The smallest absolute Gasteiger partial charge is 0.191 e. The number of nitrogens with zero attached hydrogens (tertiary/aromatic N) is 1. The van der Waals surface area contributed by atoms with Gasteiger partial charge in [0, 0.05) is 15.1 Å². The number of nitrogens with one attached hydrogen (secondary N) is 2. The van der Waals surface area contributed by atoms with Crippen LogP contribution in [0.2, 0.25) is 10.0 Å². The van der Waals surface area contributed by atoms with Gasteiger partial charge in [0.2, 0.25) is 0 Å². The number of aromatic hydroxyl groups is 1. The Morgan fingerprint density at radius 2 is 2.00 bits per heavy atom. The highest BCUT2D eigenvalue weighted by molar-refractivity contribution is 9.10. The quantitative estimate of drug-likeness (QED) is 0.381. The minimum atomic E-state index is 0.119. The first-order chi connectivity index (χ1) is 10.5. The van der Waals surface area contributed by atoms with E-state index in [0.717, 1.165) is 4.47 Å². The molecule has 3 N–H and O–H groups in total. The molecule has 2 aromatic carbocycles. The number of thiocarbonyl (C=S) groups is 1. The maximum Gasteiger partial charge on any atom is 0.191 e. The molecule has 0 aromatic heterocycles. The fourth-order valence-corrected chi connectivity index (χ4v) is 2.53. The second kappa shape index (κ2) is 7.78. The second-order valence-electron chi connectivity index (χ2n) is 4.15. The lowest BCUT2D eigenvalue weighted by atomic mass is 10.2. The molecule has 22 heavy (non-hydrogen) atoms. The van der Waals surface area contributed by atoms with Crippen molar-refractivity contribution in [1.82, 2.24) is 5.43 Å². The van der Waals surface area contributed by atoms with Crippen molar-refractivity contribution in [1.29, 1.82) is 0 Å². The third-order valence-corrected chi connectivity index (χ3v) is 3.77. The van der Waals surface area contributed by atoms with Gasteiger partial charge in [0.05, 0.1) is 16.9 Å². The first-order valence-electron chi connectivity index (χ1n) is 5.99. The monoisotopic (exact) mass is 417 g/mol. The van der Waals surface area contributed by atoms with Crippen LogP contribution >= 0.6 is 51.3 Å². The fraction of sp³-hybridized carbons (Fsp3) is 0. The molecule has 0 radical (unpaired) electrons. The van der Waals surface area contributed by atoms with Crippen LogP contribution in [0.4, 0.5) is 5.69 Å². The molecule has 8 heteroatoms. The second-order valence-corrected chi connectivity index (χ2v) is 6.32.